The highest BCUT2D eigenvalue weighted by atomic mass is 79.9. The van der Waals surface area contributed by atoms with E-state index >= 15 is 0 Å². The Bertz CT molecular complexity index is 787. The number of halogens is 1. The predicted molar refractivity (Wildman–Crippen MR) is 104 cm³/mol. The summed E-state index contributed by atoms with van der Waals surface area (Å²) in [6.07, 6.45) is 4.17. The Morgan fingerprint density at radius 3 is 2.50 bits per heavy atom. The maximum atomic E-state index is 12.7. The molecular weight excluding hydrogens is 396 g/mol. The maximum absolute atomic E-state index is 12.7. The molecule has 2 aromatic rings. The van der Waals surface area contributed by atoms with Gasteiger partial charge >= 0.3 is 0 Å². The first-order chi connectivity index (χ1) is 12.5. The van der Waals surface area contributed by atoms with E-state index in [0.717, 1.165) is 25.7 Å². The minimum Gasteiger partial charge on any atom is -0.339 e. The number of piperidine rings is 1. The number of nitro groups is 1. The zero-order chi connectivity index (χ0) is 18.5. The summed E-state index contributed by atoms with van der Waals surface area (Å²) in [5, 5.41) is 11.1. The number of carbonyl (C=O) groups excluding carboxylic acids is 1. The van der Waals surface area contributed by atoms with Crippen molar-refractivity contribution in [1.29, 1.82) is 0 Å². The molecule has 0 saturated carbocycles. The van der Waals surface area contributed by atoms with Crippen LogP contribution in [0.2, 0.25) is 0 Å². The van der Waals surface area contributed by atoms with E-state index in [1.807, 2.05) is 11.0 Å². The van der Waals surface area contributed by atoms with Crippen LogP contribution < -0.4 is 0 Å². The second-order valence-electron chi connectivity index (χ2n) is 6.68. The van der Waals surface area contributed by atoms with Crippen LogP contribution >= 0.6 is 15.9 Å². The average Bonchev–Trinajstić information content (AvgIpc) is 2.67. The molecule has 1 amide bonds. The molecule has 1 heterocycles. The average molecular weight is 417 g/mol. The second-order valence-corrected chi connectivity index (χ2v) is 7.54. The third-order valence-electron chi connectivity index (χ3n) is 4.98. The van der Waals surface area contributed by atoms with Crippen molar-refractivity contribution in [3.63, 3.8) is 0 Å². The van der Waals surface area contributed by atoms with Gasteiger partial charge in [0.05, 0.1) is 9.40 Å². The van der Waals surface area contributed by atoms with Gasteiger partial charge in [-0.1, -0.05) is 30.3 Å². The smallest absolute Gasteiger partial charge is 0.284 e. The van der Waals surface area contributed by atoms with E-state index in [-0.39, 0.29) is 11.6 Å². The van der Waals surface area contributed by atoms with E-state index in [2.05, 4.69) is 40.2 Å². The summed E-state index contributed by atoms with van der Waals surface area (Å²) in [6.45, 7) is 1.42. The maximum Gasteiger partial charge on any atom is 0.284 e. The van der Waals surface area contributed by atoms with Gasteiger partial charge in [-0.3, -0.25) is 14.9 Å². The van der Waals surface area contributed by atoms with E-state index in [4.69, 9.17) is 0 Å². The third-order valence-corrected chi connectivity index (χ3v) is 5.65. The van der Waals surface area contributed by atoms with Crippen LogP contribution in [-0.4, -0.2) is 28.8 Å². The number of benzene rings is 2. The summed E-state index contributed by atoms with van der Waals surface area (Å²) < 4.78 is 0.388. The standard InChI is InChI=1S/C20H21BrN2O3/c21-18-9-8-17(14-19(18)23(25)26)20(24)22-12-10-16(11-13-22)7-6-15-4-2-1-3-5-15/h1-5,8-9,14,16H,6-7,10-13H2. The zero-order valence-electron chi connectivity index (χ0n) is 14.4. The number of likely N-dealkylation sites (tertiary alicyclic amines) is 1. The molecular formula is C20H21BrN2O3. The highest BCUT2D eigenvalue weighted by Gasteiger charge is 2.25. The molecule has 0 spiro atoms. The van der Waals surface area contributed by atoms with E-state index in [1.54, 1.807) is 12.1 Å². The highest BCUT2D eigenvalue weighted by molar-refractivity contribution is 9.10. The Kier molecular flexibility index (Phi) is 6.04. The molecule has 0 aromatic heterocycles. The SMILES string of the molecule is O=C(c1ccc(Br)c([N+](=O)[O-])c1)N1CCC(CCc2ccccc2)CC1. The lowest BCUT2D eigenvalue weighted by atomic mass is 9.90. The van der Waals surface area contributed by atoms with E-state index in [0.29, 0.717) is 29.0 Å². The van der Waals surface area contributed by atoms with Crippen molar-refractivity contribution in [2.24, 2.45) is 5.92 Å². The first kappa shape index (κ1) is 18.6. The van der Waals surface area contributed by atoms with Gasteiger partial charge in [0.2, 0.25) is 0 Å². The number of amides is 1. The number of aryl methyl sites for hydroxylation is 1. The Morgan fingerprint density at radius 2 is 1.85 bits per heavy atom. The molecule has 2 aromatic carbocycles. The van der Waals surface area contributed by atoms with Crippen LogP contribution in [0.1, 0.15) is 35.2 Å². The summed E-state index contributed by atoms with van der Waals surface area (Å²) in [6, 6.07) is 15.0. The topological polar surface area (TPSA) is 63.4 Å². The molecule has 0 atom stereocenters. The fourth-order valence-corrected chi connectivity index (χ4v) is 3.80. The molecule has 0 bridgehead atoms. The minimum atomic E-state index is -0.476. The molecule has 1 saturated heterocycles. The van der Waals surface area contributed by atoms with Gasteiger partial charge in [-0.25, -0.2) is 0 Å². The van der Waals surface area contributed by atoms with Crippen LogP contribution in [0.5, 0.6) is 0 Å². The molecule has 0 aliphatic carbocycles. The van der Waals surface area contributed by atoms with Gasteiger partial charge in [0.25, 0.3) is 11.6 Å². The lowest BCUT2D eigenvalue weighted by Gasteiger charge is -2.32. The summed E-state index contributed by atoms with van der Waals surface area (Å²) in [5.41, 5.74) is 1.66. The van der Waals surface area contributed by atoms with Gasteiger partial charge in [-0.2, -0.15) is 0 Å². The van der Waals surface area contributed by atoms with Crippen molar-refractivity contribution in [3.8, 4) is 0 Å². The number of carbonyl (C=O) groups is 1. The fraction of sp³-hybridized carbons (Fsp3) is 0.350. The molecule has 136 valence electrons. The summed E-state index contributed by atoms with van der Waals surface area (Å²) in [7, 11) is 0. The molecule has 6 heteroatoms. The number of hydrogen-bond donors (Lipinski definition) is 0. The van der Waals surface area contributed by atoms with Gasteiger partial charge in [-0.15, -0.1) is 0 Å². The molecule has 1 aliphatic heterocycles. The molecule has 26 heavy (non-hydrogen) atoms. The van der Waals surface area contributed by atoms with Crippen LogP contribution in [0.25, 0.3) is 0 Å². The normalized spacial score (nSPS) is 15.0. The Labute approximate surface area is 161 Å². The molecule has 5 nitrogen and oxygen atoms in total. The lowest BCUT2D eigenvalue weighted by molar-refractivity contribution is -0.385. The van der Waals surface area contributed by atoms with Crippen molar-refractivity contribution in [1.82, 2.24) is 4.90 Å². The number of nitrogens with zero attached hydrogens (tertiary/aromatic N) is 2. The van der Waals surface area contributed by atoms with Crippen molar-refractivity contribution in [3.05, 3.63) is 74.2 Å². The van der Waals surface area contributed by atoms with Crippen molar-refractivity contribution < 1.29 is 9.72 Å². The number of rotatable bonds is 5. The van der Waals surface area contributed by atoms with Crippen LogP contribution in [0.15, 0.2) is 53.0 Å². The highest BCUT2D eigenvalue weighted by Crippen LogP contribution is 2.28. The Morgan fingerprint density at radius 1 is 1.15 bits per heavy atom. The molecule has 0 N–H and O–H groups in total. The van der Waals surface area contributed by atoms with Crippen LogP contribution in [0.4, 0.5) is 5.69 Å². The van der Waals surface area contributed by atoms with Crippen molar-refractivity contribution in [2.75, 3.05) is 13.1 Å². The monoisotopic (exact) mass is 416 g/mol. The fourth-order valence-electron chi connectivity index (χ4n) is 3.41. The van der Waals surface area contributed by atoms with Crippen LogP contribution in [0, 0.1) is 16.0 Å². The molecule has 1 fully saturated rings. The largest absolute Gasteiger partial charge is 0.339 e. The summed E-state index contributed by atoms with van der Waals surface area (Å²) >= 11 is 3.15. The van der Waals surface area contributed by atoms with Gasteiger partial charge in [0.1, 0.15) is 0 Å². The van der Waals surface area contributed by atoms with E-state index in [1.165, 1.54) is 11.6 Å². The first-order valence-electron chi connectivity index (χ1n) is 8.81. The van der Waals surface area contributed by atoms with E-state index < -0.39 is 4.92 Å². The summed E-state index contributed by atoms with van der Waals surface area (Å²) in [4.78, 5) is 25.1. The van der Waals surface area contributed by atoms with Crippen LogP contribution in [-0.2, 0) is 6.42 Å². The Hall–Kier alpha value is -2.21. The number of hydrogen-bond acceptors (Lipinski definition) is 3. The lowest BCUT2D eigenvalue weighted by Crippen LogP contribution is -2.38. The van der Waals surface area contributed by atoms with Gasteiger partial charge in [0, 0.05) is 24.7 Å². The van der Waals surface area contributed by atoms with Crippen molar-refractivity contribution in [2.45, 2.75) is 25.7 Å². The minimum absolute atomic E-state index is 0.0754. The first-order valence-corrected chi connectivity index (χ1v) is 9.61. The molecule has 1 aliphatic rings. The van der Waals surface area contributed by atoms with Gasteiger partial charge in [0.15, 0.2) is 0 Å². The number of nitro benzene ring substituents is 1. The predicted octanol–water partition coefficient (Wildman–Crippen LogP) is 4.84. The quantitative estimate of drug-likeness (QED) is 0.517. The van der Waals surface area contributed by atoms with Gasteiger partial charge < -0.3 is 4.90 Å². The Balaban J connectivity index is 1.55. The van der Waals surface area contributed by atoms with Crippen molar-refractivity contribution >= 4 is 27.5 Å². The van der Waals surface area contributed by atoms with E-state index in [9.17, 15) is 14.9 Å². The summed E-state index contributed by atoms with van der Waals surface area (Å²) in [5.74, 6) is 0.501. The second kappa shape index (κ2) is 8.45. The van der Waals surface area contributed by atoms with Crippen LogP contribution in [0.3, 0.4) is 0 Å². The zero-order valence-corrected chi connectivity index (χ0v) is 16.0. The molecule has 3 rings (SSSR count). The molecule has 0 radical (unpaired) electrons. The molecule has 0 unspecified atom stereocenters. The third kappa shape index (κ3) is 4.49. The van der Waals surface area contributed by atoms with Gasteiger partial charge in [-0.05, 0) is 65.2 Å².